The van der Waals surface area contributed by atoms with Gasteiger partial charge in [0.1, 0.15) is 0 Å². The van der Waals surface area contributed by atoms with Crippen LogP contribution in [0.3, 0.4) is 0 Å². The molecule has 184 valence electrons. The number of ketones is 1. The highest BCUT2D eigenvalue weighted by molar-refractivity contribution is 6.01. The molecule has 1 saturated carbocycles. The molecule has 1 heterocycles. The molecule has 0 saturated heterocycles. The van der Waals surface area contributed by atoms with Crippen molar-refractivity contribution in [2.75, 3.05) is 16.8 Å². The molecule has 0 aromatic heterocycles. The predicted octanol–water partition coefficient (Wildman–Crippen LogP) is 6.06. The number of aryl methyl sites for hydroxylation is 1. The lowest BCUT2D eigenvalue weighted by Crippen LogP contribution is -2.45. The number of Topliss-reactive ketones (excluding diaryl/α,β-unsaturated/α-hetero) is 1. The Morgan fingerprint density at radius 3 is 2.49 bits per heavy atom. The molecule has 2 aromatic rings. The van der Waals surface area contributed by atoms with Gasteiger partial charge in [0.15, 0.2) is 5.78 Å². The highest BCUT2D eigenvalue weighted by Crippen LogP contribution is 2.48. The summed E-state index contributed by atoms with van der Waals surface area (Å²) in [6, 6.07) is 16.5. The van der Waals surface area contributed by atoms with Crippen LogP contribution in [-0.2, 0) is 9.59 Å². The quantitative estimate of drug-likeness (QED) is 0.569. The lowest BCUT2D eigenvalue weighted by molar-refractivity contribution is -0.121. The summed E-state index contributed by atoms with van der Waals surface area (Å²) in [5.41, 5.74) is 5.80. The van der Waals surface area contributed by atoms with Gasteiger partial charge in [0, 0.05) is 23.7 Å². The molecule has 0 radical (unpaired) electrons. The maximum Gasteiger partial charge on any atom is 0.239 e. The van der Waals surface area contributed by atoms with E-state index in [4.69, 9.17) is 0 Å². The van der Waals surface area contributed by atoms with Gasteiger partial charge in [-0.15, -0.1) is 0 Å². The van der Waals surface area contributed by atoms with Crippen molar-refractivity contribution in [2.24, 2.45) is 5.41 Å². The number of benzene rings is 2. The molecule has 1 fully saturated rings. The van der Waals surface area contributed by atoms with Crippen molar-refractivity contribution in [3.63, 3.8) is 0 Å². The molecule has 2 N–H and O–H groups in total. The second-order valence-corrected chi connectivity index (χ2v) is 11.3. The Bertz CT molecular complexity index is 1140. The maximum absolute atomic E-state index is 13.7. The van der Waals surface area contributed by atoms with Crippen LogP contribution >= 0.6 is 0 Å². The zero-order valence-electron chi connectivity index (χ0n) is 21.2. The second-order valence-electron chi connectivity index (χ2n) is 11.3. The lowest BCUT2D eigenvalue weighted by Gasteiger charge is -2.38. The lowest BCUT2D eigenvalue weighted by atomic mass is 9.73. The molecule has 3 aliphatic rings. The number of nitrogens with zero attached hydrogens (tertiary/aromatic N) is 1. The van der Waals surface area contributed by atoms with Crippen molar-refractivity contribution < 1.29 is 9.59 Å². The van der Waals surface area contributed by atoms with Crippen LogP contribution in [0.1, 0.15) is 76.0 Å². The minimum Gasteiger partial charge on any atom is -0.357 e. The van der Waals surface area contributed by atoms with Crippen LogP contribution in [-0.4, -0.2) is 24.3 Å². The van der Waals surface area contributed by atoms with Gasteiger partial charge in [0.25, 0.3) is 0 Å². The molecular formula is C30H37N3O2. The molecule has 5 rings (SSSR count). The van der Waals surface area contributed by atoms with E-state index in [9.17, 15) is 9.59 Å². The SMILES string of the molecule is Cc1ccc(C2C3=C(CC(C)(C)CC3=O)Nc3ccccc3N2CC(=O)NC2CCCCC2)cc1. The standard InChI is InChI=1S/C30H37N3O2/c1-20-13-15-21(16-14-20)29-28-24(17-30(2,3)18-26(28)34)32-23-11-7-8-12-25(23)33(29)19-27(35)31-22-9-5-4-6-10-22/h7-8,11-16,22,29,32H,4-6,9-10,17-19H2,1-3H3,(H,31,35). The topological polar surface area (TPSA) is 61.4 Å². The third kappa shape index (κ3) is 5.00. The number of amides is 1. The number of carbonyl (C=O) groups is 2. The fraction of sp³-hybridized carbons (Fsp3) is 0.467. The summed E-state index contributed by atoms with van der Waals surface area (Å²) in [5, 5.41) is 6.92. The van der Waals surface area contributed by atoms with Crippen LogP contribution in [0.15, 0.2) is 59.8 Å². The number of para-hydroxylation sites is 2. The molecule has 5 heteroatoms. The number of anilines is 2. The number of hydrogen-bond acceptors (Lipinski definition) is 4. The smallest absolute Gasteiger partial charge is 0.239 e. The Kier molecular flexibility index (Phi) is 6.43. The van der Waals surface area contributed by atoms with E-state index < -0.39 is 0 Å². The molecule has 2 aliphatic carbocycles. The number of nitrogens with one attached hydrogen (secondary N) is 2. The summed E-state index contributed by atoms with van der Waals surface area (Å²) in [4.78, 5) is 29.3. The van der Waals surface area contributed by atoms with E-state index in [1.54, 1.807) is 0 Å². The summed E-state index contributed by atoms with van der Waals surface area (Å²) in [7, 11) is 0. The molecule has 5 nitrogen and oxygen atoms in total. The molecule has 2 aromatic carbocycles. The largest absolute Gasteiger partial charge is 0.357 e. The third-order valence-electron chi connectivity index (χ3n) is 7.68. The predicted molar refractivity (Wildman–Crippen MR) is 141 cm³/mol. The molecule has 1 unspecified atom stereocenters. The first-order chi connectivity index (χ1) is 16.8. The number of hydrogen-bond donors (Lipinski definition) is 2. The second kappa shape index (κ2) is 9.52. The van der Waals surface area contributed by atoms with Crippen molar-refractivity contribution in [2.45, 2.75) is 77.8 Å². The van der Waals surface area contributed by atoms with Crippen molar-refractivity contribution in [1.82, 2.24) is 5.32 Å². The fourth-order valence-corrected chi connectivity index (χ4v) is 6.00. The minimum atomic E-state index is -0.317. The minimum absolute atomic E-state index is 0.0245. The van der Waals surface area contributed by atoms with E-state index >= 15 is 0 Å². The van der Waals surface area contributed by atoms with Crippen LogP contribution in [0.2, 0.25) is 0 Å². The Morgan fingerprint density at radius 2 is 1.74 bits per heavy atom. The zero-order chi connectivity index (χ0) is 24.6. The van der Waals surface area contributed by atoms with Gasteiger partial charge in [0.05, 0.1) is 24.0 Å². The average molecular weight is 472 g/mol. The van der Waals surface area contributed by atoms with Gasteiger partial charge in [-0.1, -0.05) is 75.1 Å². The summed E-state index contributed by atoms with van der Waals surface area (Å²) in [6.45, 7) is 6.59. The number of allylic oxidation sites excluding steroid dienone is 1. The molecule has 35 heavy (non-hydrogen) atoms. The number of carbonyl (C=O) groups excluding carboxylic acids is 2. The number of fused-ring (bicyclic) bond motifs is 1. The highest BCUT2D eigenvalue weighted by atomic mass is 16.2. The van der Waals surface area contributed by atoms with Crippen LogP contribution in [0, 0.1) is 12.3 Å². The van der Waals surface area contributed by atoms with Crippen molar-refractivity contribution in [3.05, 3.63) is 70.9 Å². The van der Waals surface area contributed by atoms with Gasteiger partial charge in [-0.2, -0.15) is 0 Å². The Labute approximate surface area is 209 Å². The molecule has 1 aliphatic heterocycles. The van der Waals surface area contributed by atoms with Crippen molar-refractivity contribution in [3.8, 4) is 0 Å². The zero-order valence-corrected chi connectivity index (χ0v) is 21.2. The van der Waals surface area contributed by atoms with E-state index in [1.165, 1.54) is 24.8 Å². The molecule has 1 atom stereocenters. The van der Waals surface area contributed by atoms with Crippen LogP contribution in [0.25, 0.3) is 0 Å². The van der Waals surface area contributed by atoms with Crippen LogP contribution in [0.4, 0.5) is 11.4 Å². The normalized spacial score (nSPS) is 22.1. The van der Waals surface area contributed by atoms with E-state index in [0.29, 0.717) is 6.42 Å². The highest BCUT2D eigenvalue weighted by Gasteiger charge is 2.42. The first-order valence-corrected chi connectivity index (χ1v) is 13.1. The maximum atomic E-state index is 13.7. The fourth-order valence-electron chi connectivity index (χ4n) is 6.00. The first-order valence-electron chi connectivity index (χ1n) is 13.1. The van der Waals surface area contributed by atoms with Gasteiger partial charge < -0.3 is 15.5 Å². The summed E-state index contributed by atoms with van der Waals surface area (Å²) in [6.07, 6.45) is 7.01. The van der Waals surface area contributed by atoms with Crippen molar-refractivity contribution >= 4 is 23.1 Å². The van der Waals surface area contributed by atoms with E-state index in [-0.39, 0.29) is 35.7 Å². The van der Waals surface area contributed by atoms with E-state index in [1.807, 2.05) is 12.1 Å². The Morgan fingerprint density at radius 1 is 1.03 bits per heavy atom. The van der Waals surface area contributed by atoms with Gasteiger partial charge in [-0.05, 0) is 49.3 Å². The molecule has 0 bridgehead atoms. The van der Waals surface area contributed by atoms with Gasteiger partial charge in [-0.3, -0.25) is 9.59 Å². The molecule has 0 spiro atoms. The summed E-state index contributed by atoms with van der Waals surface area (Å²) in [5.74, 6) is 0.191. The van der Waals surface area contributed by atoms with Gasteiger partial charge >= 0.3 is 0 Å². The van der Waals surface area contributed by atoms with Gasteiger partial charge in [-0.25, -0.2) is 0 Å². The summed E-state index contributed by atoms with van der Waals surface area (Å²) >= 11 is 0. The van der Waals surface area contributed by atoms with E-state index in [2.05, 4.69) is 72.7 Å². The third-order valence-corrected chi connectivity index (χ3v) is 7.68. The first kappa shape index (κ1) is 23.7. The summed E-state index contributed by atoms with van der Waals surface area (Å²) < 4.78 is 0. The van der Waals surface area contributed by atoms with Gasteiger partial charge in [0.2, 0.25) is 5.91 Å². The van der Waals surface area contributed by atoms with Crippen molar-refractivity contribution in [1.29, 1.82) is 0 Å². The van der Waals surface area contributed by atoms with E-state index in [0.717, 1.165) is 47.5 Å². The monoisotopic (exact) mass is 471 g/mol. The number of rotatable bonds is 4. The molecular weight excluding hydrogens is 434 g/mol. The van der Waals surface area contributed by atoms with Crippen LogP contribution < -0.4 is 15.5 Å². The average Bonchev–Trinajstić information content (AvgIpc) is 2.94. The van der Waals surface area contributed by atoms with Crippen LogP contribution in [0.5, 0.6) is 0 Å². The molecule has 1 amide bonds. The Hall–Kier alpha value is -3.08. The Balaban J connectivity index is 1.60.